The van der Waals surface area contributed by atoms with Gasteiger partial charge in [0.25, 0.3) is 0 Å². The lowest BCUT2D eigenvalue weighted by Gasteiger charge is -2.28. The molecule has 0 spiro atoms. The Kier molecular flexibility index (Phi) is 11.8. The number of carbonyl (C=O) groups is 1. The number of esters is 1. The van der Waals surface area contributed by atoms with Crippen molar-refractivity contribution in [2.75, 3.05) is 6.61 Å². The summed E-state index contributed by atoms with van der Waals surface area (Å²) in [6, 6.07) is 10.4. The predicted octanol–water partition coefficient (Wildman–Crippen LogP) is 6.32. The lowest BCUT2D eigenvalue weighted by molar-refractivity contribution is -0.138. The summed E-state index contributed by atoms with van der Waals surface area (Å²) in [5, 5.41) is 0. The molecule has 3 heteroatoms. The SMILES string of the molecule is CCOC(=O)/C(C)=C/CC[C@H](C[C@@H](C)CC)[C@@H](CC)OCc1ccccc1. The second-order valence-electron chi connectivity index (χ2n) is 7.44. The highest BCUT2D eigenvalue weighted by Gasteiger charge is 2.22. The number of hydrogen-bond acceptors (Lipinski definition) is 3. The largest absolute Gasteiger partial charge is 0.463 e. The fourth-order valence-electron chi connectivity index (χ4n) is 3.35. The Bertz CT molecular complexity index is 550. The zero-order valence-electron chi connectivity index (χ0n) is 17.9. The van der Waals surface area contributed by atoms with E-state index in [1.165, 1.54) is 12.0 Å². The predicted molar refractivity (Wildman–Crippen MR) is 112 cm³/mol. The average molecular weight is 375 g/mol. The van der Waals surface area contributed by atoms with Crippen LogP contribution in [0.4, 0.5) is 0 Å². The maximum Gasteiger partial charge on any atom is 0.333 e. The van der Waals surface area contributed by atoms with Gasteiger partial charge in [-0.1, -0.05) is 63.6 Å². The van der Waals surface area contributed by atoms with Gasteiger partial charge in [0, 0.05) is 5.57 Å². The van der Waals surface area contributed by atoms with E-state index >= 15 is 0 Å². The molecule has 0 aliphatic heterocycles. The van der Waals surface area contributed by atoms with Gasteiger partial charge in [0.15, 0.2) is 0 Å². The number of carbonyl (C=O) groups excluding carboxylic acids is 1. The molecule has 0 N–H and O–H groups in total. The zero-order valence-corrected chi connectivity index (χ0v) is 17.9. The summed E-state index contributed by atoms with van der Waals surface area (Å²) in [5.74, 6) is 0.975. The first kappa shape index (κ1) is 23.4. The highest BCUT2D eigenvalue weighted by Crippen LogP contribution is 2.27. The van der Waals surface area contributed by atoms with Crippen LogP contribution in [0.2, 0.25) is 0 Å². The van der Waals surface area contributed by atoms with Gasteiger partial charge in [-0.2, -0.15) is 0 Å². The first-order valence-corrected chi connectivity index (χ1v) is 10.5. The van der Waals surface area contributed by atoms with Crippen molar-refractivity contribution in [1.82, 2.24) is 0 Å². The molecule has 0 saturated heterocycles. The molecule has 1 aromatic rings. The molecule has 0 bridgehead atoms. The molecule has 3 atom stereocenters. The third kappa shape index (κ3) is 9.23. The van der Waals surface area contributed by atoms with Crippen LogP contribution in [0.25, 0.3) is 0 Å². The van der Waals surface area contributed by atoms with Crippen molar-refractivity contribution in [2.45, 2.75) is 79.4 Å². The van der Waals surface area contributed by atoms with Gasteiger partial charge in [-0.25, -0.2) is 4.79 Å². The Morgan fingerprint density at radius 2 is 1.81 bits per heavy atom. The van der Waals surface area contributed by atoms with Gasteiger partial charge in [-0.15, -0.1) is 0 Å². The highest BCUT2D eigenvalue weighted by atomic mass is 16.5. The molecule has 0 aliphatic rings. The summed E-state index contributed by atoms with van der Waals surface area (Å²) < 4.78 is 11.4. The Morgan fingerprint density at radius 3 is 2.41 bits per heavy atom. The lowest BCUT2D eigenvalue weighted by atomic mass is 9.85. The summed E-state index contributed by atoms with van der Waals surface area (Å²) in [6.45, 7) is 11.5. The van der Waals surface area contributed by atoms with E-state index in [2.05, 4.69) is 45.0 Å². The van der Waals surface area contributed by atoms with Gasteiger partial charge in [-0.05, 0) is 56.9 Å². The Morgan fingerprint density at radius 1 is 1.11 bits per heavy atom. The number of hydrogen-bond donors (Lipinski definition) is 0. The van der Waals surface area contributed by atoms with E-state index in [0.29, 0.717) is 30.6 Å². The summed E-state index contributed by atoms with van der Waals surface area (Å²) in [5.41, 5.74) is 1.92. The molecule has 1 rings (SSSR count). The minimum Gasteiger partial charge on any atom is -0.463 e. The molecule has 1 aromatic carbocycles. The molecule has 3 nitrogen and oxygen atoms in total. The Balaban J connectivity index is 2.69. The molecular formula is C24H38O3. The van der Waals surface area contributed by atoms with Crippen LogP contribution in [-0.2, 0) is 20.9 Å². The van der Waals surface area contributed by atoms with Crippen LogP contribution >= 0.6 is 0 Å². The molecule has 0 radical (unpaired) electrons. The first-order chi connectivity index (χ1) is 13.0. The van der Waals surface area contributed by atoms with Crippen molar-refractivity contribution in [1.29, 1.82) is 0 Å². The van der Waals surface area contributed by atoms with Crippen LogP contribution in [0.5, 0.6) is 0 Å². The van der Waals surface area contributed by atoms with E-state index in [9.17, 15) is 4.79 Å². The zero-order chi connectivity index (χ0) is 20.1. The van der Waals surface area contributed by atoms with E-state index in [1.54, 1.807) is 0 Å². The van der Waals surface area contributed by atoms with Crippen molar-refractivity contribution in [3.8, 4) is 0 Å². The molecule has 0 fully saturated rings. The van der Waals surface area contributed by atoms with Gasteiger partial charge in [0.05, 0.1) is 19.3 Å². The van der Waals surface area contributed by atoms with E-state index in [4.69, 9.17) is 9.47 Å². The van der Waals surface area contributed by atoms with Crippen molar-refractivity contribution in [3.05, 3.63) is 47.5 Å². The van der Waals surface area contributed by atoms with Crippen LogP contribution < -0.4 is 0 Å². The van der Waals surface area contributed by atoms with Crippen LogP contribution in [0.15, 0.2) is 42.0 Å². The molecule has 0 aromatic heterocycles. The molecular weight excluding hydrogens is 336 g/mol. The van der Waals surface area contributed by atoms with Crippen LogP contribution in [0.3, 0.4) is 0 Å². The monoisotopic (exact) mass is 374 g/mol. The van der Waals surface area contributed by atoms with Gasteiger partial charge in [0.2, 0.25) is 0 Å². The van der Waals surface area contributed by atoms with Gasteiger partial charge in [-0.3, -0.25) is 0 Å². The number of rotatable bonds is 13. The smallest absolute Gasteiger partial charge is 0.333 e. The van der Waals surface area contributed by atoms with Crippen molar-refractivity contribution < 1.29 is 14.3 Å². The van der Waals surface area contributed by atoms with Crippen LogP contribution in [-0.4, -0.2) is 18.7 Å². The van der Waals surface area contributed by atoms with Gasteiger partial charge >= 0.3 is 5.97 Å². The van der Waals surface area contributed by atoms with Crippen molar-refractivity contribution in [3.63, 3.8) is 0 Å². The minimum absolute atomic E-state index is 0.205. The molecule has 0 unspecified atom stereocenters. The number of allylic oxidation sites excluding steroid dienone is 1. The fourth-order valence-corrected chi connectivity index (χ4v) is 3.35. The first-order valence-electron chi connectivity index (χ1n) is 10.5. The van der Waals surface area contributed by atoms with E-state index in [-0.39, 0.29) is 12.1 Å². The van der Waals surface area contributed by atoms with Gasteiger partial charge in [0.1, 0.15) is 0 Å². The van der Waals surface area contributed by atoms with Crippen molar-refractivity contribution in [2.24, 2.45) is 11.8 Å². The molecule has 0 saturated carbocycles. The third-order valence-electron chi connectivity index (χ3n) is 5.22. The topological polar surface area (TPSA) is 35.5 Å². The lowest BCUT2D eigenvalue weighted by Crippen LogP contribution is -2.25. The summed E-state index contributed by atoms with van der Waals surface area (Å²) in [7, 11) is 0. The molecule has 0 heterocycles. The van der Waals surface area contributed by atoms with E-state index in [1.807, 2.05) is 26.0 Å². The standard InChI is InChI=1S/C24H38O3/c1-6-19(4)17-22(16-12-13-20(5)24(25)26-8-3)23(7-2)27-18-21-14-10-9-11-15-21/h9-11,13-15,19,22-23H,6-8,12,16-18H2,1-5H3/b20-13+/t19-,22+,23+/m0/s1. The second-order valence-corrected chi connectivity index (χ2v) is 7.44. The second kappa shape index (κ2) is 13.5. The fraction of sp³-hybridized carbons (Fsp3) is 0.625. The summed E-state index contributed by atoms with van der Waals surface area (Å²) in [4.78, 5) is 11.8. The summed E-state index contributed by atoms with van der Waals surface area (Å²) in [6.07, 6.45) is 7.54. The van der Waals surface area contributed by atoms with Crippen LogP contribution in [0.1, 0.15) is 72.3 Å². The number of ether oxygens (including phenoxy) is 2. The molecule has 0 amide bonds. The molecule has 0 aliphatic carbocycles. The number of benzene rings is 1. The normalized spacial score (nSPS) is 15.2. The average Bonchev–Trinajstić information content (AvgIpc) is 2.68. The highest BCUT2D eigenvalue weighted by molar-refractivity contribution is 5.87. The van der Waals surface area contributed by atoms with Crippen molar-refractivity contribution >= 4 is 5.97 Å². The quantitative estimate of drug-likeness (QED) is 0.299. The van der Waals surface area contributed by atoms with Gasteiger partial charge < -0.3 is 9.47 Å². The van der Waals surface area contributed by atoms with Crippen LogP contribution in [0, 0.1) is 11.8 Å². The van der Waals surface area contributed by atoms with E-state index in [0.717, 1.165) is 25.7 Å². The summed E-state index contributed by atoms with van der Waals surface area (Å²) >= 11 is 0. The Hall–Kier alpha value is -1.61. The molecule has 27 heavy (non-hydrogen) atoms. The third-order valence-corrected chi connectivity index (χ3v) is 5.22. The van der Waals surface area contributed by atoms with E-state index < -0.39 is 0 Å². The molecule has 152 valence electrons. The maximum absolute atomic E-state index is 11.8. The minimum atomic E-state index is -0.205. The maximum atomic E-state index is 11.8. The Labute approximate surface area is 166 Å².